The molecule has 4 nitrogen and oxygen atoms in total. The molecule has 140 valence electrons. The molecule has 0 fully saturated rings. The van der Waals surface area contributed by atoms with Gasteiger partial charge in [0.05, 0.1) is 6.61 Å². The second-order valence-electron chi connectivity index (χ2n) is 6.18. The topological polar surface area (TPSA) is 52.6 Å². The molecule has 0 N–H and O–H groups in total. The Morgan fingerprint density at radius 3 is 2.07 bits per heavy atom. The van der Waals surface area contributed by atoms with Crippen molar-refractivity contribution in [1.82, 2.24) is 0 Å². The molecule has 0 saturated carbocycles. The maximum Gasteiger partial charge on any atom is 0.338 e. The Morgan fingerprint density at radius 2 is 1.52 bits per heavy atom. The van der Waals surface area contributed by atoms with Crippen LogP contribution in [0.15, 0.2) is 66.8 Å². The molecule has 2 aromatic rings. The van der Waals surface area contributed by atoms with E-state index in [0.717, 1.165) is 11.1 Å². The summed E-state index contributed by atoms with van der Waals surface area (Å²) in [6.07, 6.45) is 0.573. The van der Waals surface area contributed by atoms with Crippen LogP contribution in [0.5, 0.6) is 5.75 Å². The molecule has 27 heavy (non-hydrogen) atoms. The van der Waals surface area contributed by atoms with Crippen LogP contribution in [-0.2, 0) is 20.7 Å². The highest BCUT2D eigenvalue weighted by Crippen LogP contribution is 2.26. The van der Waals surface area contributed by atoms with Crippen LogP contribution >= 0.6 is 0 Å². The summed E-state index contributed by atoms with van der Waals surface area (Å²) < 4.78 is 24.2. The Morgan fingerprint density at radius 1 is 0.926 bits per heavy atom. The minimum Gasteiger partial charge on any atom is -0.462 e. The van der Waals surface area contributed by atoms with Crippen molar-refractivity contribution in [3.8, 4) is 16.9 Å². The zero-order valence-electron chi connectivity index (χ0n) is 15.4. The molecule has 0 radical (unpaired) electrons. The standard InChI is InChI=1S/C22H21FO4/c1-14(2)21(24)26-12-11-16-5-7-17(8-6-16)18-9-10-20(19(23)13-18)27-22(25)15(3)4/h5-10,13H,1,3,11-12H2,2,4H3. The largest absolute Gasteiger partial charge is 0.462 e. The molecule has 0 spiro atoms. The molecule has 0 saturated heterocycles. The summed E-state index contributed by atoms with van der Waals surface area (Å²) in [5.41, 5.74) is 3.02. The van der Waals surface area contributed by atoms with E-state index in [1.165, 1.54) is 19.1 Å². The van der Waals surface area contributed by atoms with Crippen molar-refractivity contribution in [2.75, 3.05) is 6.61 Å². The van der Waals surface area contributed by atoms with Gasteiger partial charge in [-0.3, -0.25) is 0 Å². The summed E-state index contributed by atoms with van der Waals surface area (Å²) in [6.45, 7) is 10.4. The number of hydrogen-bond donors (Lipinski definition) is 0. The van der Waals surface area contributed by atoms with Gasteiger partial charge in [-0.1, -0.05) is 43.5 Å². The van der Waals surface area contributed by atoms with Gasteiger partial charge in [0.25, 0.3) is 0 Å². The van der Waals surface area contributed by atoms with Gasteiger partial charge in [-0.25, -0.2) is 14.0 Å². The molecule has 0 aromatic heterocycles. The fourth-order valence-electron chi connectivity index (χ4n) is 2.20. The Bertz CT molecular complexity index is 882. The molecular weight excluding hydrogens is 347 g/mol. The molecule has 0 amide bonds. The summed E-state index contributed by atoms with van der Waals surface area (Å²) in [5, 5.41) is 0. The van der Waals surface area contributed by atoms with Crippen molar-refractivity contribution < 1.29 is 23.5 Å². The zero-order chi connectivity index (χ0) is 20.0. The van der Waals surface area contributed by atoms with Gasteiger partial charge in [0.2, 0.25) is 0 Å². The summed E-state index contributed by atoms with van der Waals surface area (Å²) in [7, 11) is 0. The number of carbonyl (C=O) groups excluding carboxylic acids is 2. The van der Waals surface area contributed by atoms with E-state index in [4.69, 9.17) is 9.47 Å². The van der Waals surface area contributed by atoms with E-state index in [0.29, 0.717) is 17.6 Å². The number of carbonyl (C=O) groups is 2. The summed E-state index contributed by atoms with van der Waals surface area (Å²) in [5.74, 6) is -1.84. The summed E-state index contributed by atoms with van der Waals surface area (Å²) in [6, 6.07) is 11.9. The maximum atomic E-state index is 14.2. The average molecular weight is 368 g/mol. The predicted molar refractivity (Wildman–Crippen MR) is 102 cm³/mol. The molecular formula is C22H21FO4. The van der Waals surface area contributed by atoms with E-state index in [-0.39, 0.29) is 17.9 Å². The van der Waals surface area contributed by atoms with Crippen LogP contribution in [0.4, 0.5) is 4.39 Å². The Balaban J connectivity index is 2.03. The fourth-order valence-corrected chi connectivity index (χ4v) is 2.20. The lowest BCUT2D eigenvalue weighted by Crippen LogP contribution is -2.09. The second-order valence-corrected chi connectivity index (χ2v) is 6.18. The molecule has 2 aromatic carbocycles. The Labute approximate surface area is 157 Å². The quantitative estimate of drug-likeness (QED) is 0.406. The van der Waals surface area contributed by atoms with E-state index in [1.54, 1.807) is 13.0 Å². The van der Waals surface area contributed by atoms with Crippen LogP contribution in [0.3, 0.4) is 0 Å². The highest BCUT2D eigenvalue weighted by atomic mass is 19.1. The van der Waals surface area contributed by atoms with Crippen molar-refractivity contribution in [2.45, 2.75) is 20.3 Å². The molecule has 0 heterocycles. The lowest BCUT2D eigenvalue weighted by molar-refractivity contribution is -0.138. The van der Waals surface area contributed by atoms with Crippen molar-refractivity contribution >= 4 is 11.9 Å². The van der Waals surface area contributed by atoms with Crippen LogP contribution in [0.2, 0.25) is 0 Å². The molecule has 5 heteroatoms. The van der Waals surface area contributed by atoms with E-state index in [1.807, 2.05) is 24.3 Å². The summed E-state index contributed by atoms with van der Waals surface area (Å²) >= 11 is 0. The number of ether oxygens (including phenoxy) is 2. The third-order valence-corrected chi connectivity index (χ3v) is 3.74. The molecule has 0 aliphatic heterocycles. The third-order valence-electron chi connectivity index (χ3n) is 3.74. The van der Waals surface area contributed by atoms with E-state index >= 15 is 0 Å². The normalized spacial score (nSPS) is 10.2. The Hall–Kier alpha value is -3.21. The van der Waals surface area contributed by atoms with Crippen LogP contribution in [0.1, 0.15) is 19.4 Å². The molecule has 0 atom stereocenters. The first-order valence-electron chi connectivity index (χ1n) is 8.37. The van der Waals surface area contributed by atoms with E-state index in [2.05, 4.69) is 13.2 Å². The number of benzene rings is 2. The van der Waals surface area contributed by atoms with Gasteiger partial charge in [-0.2, -0.15) is 0 Å². The lowest BCUT2D eigenvalue weighted by atomic mass is 10.0. The van der Waals surface area contributed by atoms with Crippen LogP contribution in [0.25, 0.3) is 11.1 Å². The van der Waals surface area contributed by atoms with Crippen molar-refractivity contribution in [3.63, 3.8) is 0 Å². The minimum atomic E-state index is -0.668. The SMILES string of the molecule is C=C(C)C(=O)OCCc1ccc(-c2ccc(OC(=O)C(=C)C)c(F)c2)cc1. The fraction of sp³-hybridized carbons (Fsp3) is 0.182. The van der Waals surface area contributed by atoms with Crippen LogP contribution < -0.4 is 4.74 Å². The van der Waals surface area contributed by atoms with Gasteiger partial charge in [-0.05, 0) is 42.7 Å². The lowest BCUT2D eigenvalue weighted by Gasteiger charge is -2.08. The predicted octanol–water partition coefficient (Wildman–Crippen LogP) is 4.64. The minimum absolute atomic E-state index is 0.136. The molecule has 0 aliphatic carbocycles. The van der Waals surface area contributed by atoms with Crippen LogP contribution in [0, 0.1) is 5.82 Å². The number of hydrogen-bond acceptors (Lipinski definition) is 4. The first-order chi connectivity index (χ1) is 12.8. The maximum absolute atomic E-state index is 14.2. The van der Waals surface area contributed by atoms with Crippen molar-refractivity contribution in [3.05, 3.63) is 78.1 Å². The van der Waals surface area contributed by atoms with Gasteiger partial charge >= 0.3 is 11.9 Å². The zero-order valence-corrected chi connectivity index (χ0v) is 15.4. The van der Waals surface area contributed by atoms with Gasteiger partial charge in [0, 0.05) is 17.6 Å². The summed E-state index contributed by atoms with van der Waals surface area (Å²) in [4.78, 5) is 22.8. The smallest absolute Gasteiger partial charge is 0.338 e. The van der Waals surface area contributed by atoms with E-state index < -0.39 is 17.8 Å². The van der Waals surface area contributed by atoms with Gasteiger partial charge in [0.1, 0.15) is 0 Å². The van der Waals surface area contributed by atoms with E-state index in [9.17, 15) is 14.0 Å². The number of esters is 2. The van der Waals surface area contributed by atoms with Gasteiger partial charge in [-0.15, -0.1) is 0 Å². The number of rotatable bonds is 7. The average Bonchev–Trinajstić information content (AvgIpc) is 2.63. The molecule has 2 rings (SSSR count). The first kappa shape index (κ1) is 20.1. The van der Waals surface area contributed by atoms with Crippen molar-refractivity contribution in [1.29, 1.82) is 0 Å². The highest BCUT2D eigenvalue weighted by molar-refractivity contribution is 5.89. The van der Waals surface area contributed by atoms with Crippen molar-refractivity contribution in [2.24, 2.45) is 0 Å². The molecule has 0 unspecified atom stereocenters. The van der Waals surface area contributed by atoms with Gasteiger partial charge in [0.15, 0.2) is 11.6 Å². The molecule has 0 aliphatic rings. The number of halogens is 1. The first-order valence-corrected chi connectivity index (χ1v) is 8.37. The van der Waals surface area contributed by atoms with Gasteiger partial charge < -0.3 is 9.47 Å². The van der Waals surface area contributed by atoms with Crippen LogP contribution in [-0.4, -0.2) is 18.5 Å². The molecule has 0 bridgehead atoms. The monoisotopic (exact) mass is 368 g/mol. The second kappa shape index (κ2) is 8.94. The Kier molecular flexibility index (Phi) is 6.66. The highest BCUT2D eigenvalue weighted by Gasteiger charge is 2.11. The third kappa shape index (κ3) is 5.64.